The van der Waals surface area contributed by atoms with Crippen LogP contribution in [0.4, 0.5) is 5.82 Å². The van der Waals surface area contributed by atoms with Gasteiger partial charge in [-0.1, -0.05) is 13.0 Å². The lowest BCUT2D eigenvalue weighted by Crippen LogP contribution is -2.18. The molecule has 1 aromatic rings. The van der Waals surface area contributed by atoms with E-state index in [0.717, 1.165) is 12.2 Å². The van der Waals surface area contributed by atoms with E-state index in [1.807, 2.05) is 6.20 Å². The first-order valence-corrected chi connectivity index (χ1v) is 6.63. The molecule has 0 bridgehead atoms. The molecule has 0 aliphatic carbocycles. The maximum atomic E-state index is 4.51. The number of hydrogen-bond donors (Lipinski definition) is 1. The molecular formula is C14H23N3. The largest absolute Gasteiger partial charge is 0.368 e. The van der Waals surface area contributed by atoms with E-state index < -0.39 is 0 Å². The smallest absolute Gasteiger partial charge is 0.126 e. The van der Waals surface area contributed by atoms with Crippen LogP contribution in [-0.4, -0.2) is 29.5 Å². The second kappa shape index (κ2) is 5.50. The molecule has 1 fully saturated rings. The first-order chi connectivity index (χ1) is 8.20. The van der Waals surface area contributed by atoms with Crippen LogP contribution in [-0.2, 0) is 0 Å². The average molecular weight is 233 g/mol. The molecule has 1 N–H and O–H groups in total. The van der Waals surface area contributed by atoms with Crippen molar-refractivity contribution in [1.82, 2.24) is 9.88 Å². The first-order valence-electron chi connectivity index (χ1n) is 6.63. The molecule has 0 radical (unpaired) electrons. The third kappa shape index (κ3) is 2.97. The standard InChI is InChI=1S/C14H23N3/c1-4-11(2)16-14-8-7-12(10-15-14)13-6-5-9-17(13)3/h7-8,10-11,13H,4-6,9H2,1-3H3,(H,15,16)/t11-,13-/m0/s1. The van der Waals surface area contributed by atoms with E-state index in [4.69, 9.17) is 0 Å². The van der Waals surface area contributed by atoms with E-state index in [9.17, 15) is 0 Å². The molecule has 3 nitrogen and oxygen atoms in total. The summed E-state index contributed by atoms with van der Waals surface area (Å²) in [6.45, 7) is 5.57. The molecule has 0 aromatic carbocycles. The van der Waals surface area contributed by atoms with Gasteiger partial charge >= 0.3 is 0 Å². The molecule has 3 heteroatoms. The molecule has 0 saturated carbocycles. The maximum Gasteiger partial charge on any atom is 0.126 e. The van der Waals surface area contributed by atoms with E-state index >= 15 is 0 Å². The summed E-state index contributed by atoms with van der Waals surface area (Å²) in [4.78, 5) is 6.92. The van der Waals surface area contributed by atoms with Crippen LogP contribution in [0.25, 0.3) is 0 Å². The number of rotatable bonds is 4. The Labute approximate surface area is 104 Å². The van der Waals surface area contributed by atoms with Crippen LogP contribution >= 0.6 is 0 Å². The van der Waals surface area contributed by atoms with Crippen LogP contribution in [0.2, 0.25) is 0 Å². The van der Waals surface area contributed by atoms with Crippen molar-refractivity contribution in [2.45, 2.75) is 45.2 Å². The quantitative estimate of drug-likeness (QED) is 0.866. The minimum Gasteiger partial charge on any atom is -0.368 e. The summed E-state index contributed by atoms with van der Waals surface area (Å²) in [5.74, 6) is 0.990. The number of anilines is 1. The zero-order chi connectivity index (χ0) is 12.3. The number of likely N-dealkylation sites (tertiary alicyclic amines) is 1. The van der Waals surface area contributed by atoms with E-state index in [1.54, 1.807) is 0 Å². The van der Waals surface area contributed by atoms with Gasteiger partial charge in [-0.3, -0.25) is 4.90 Å². The summed E-state index contributed by atoms with van der Waals surface area (Å²) in [5.41, 5.74) is 1.35. The van der Waals surface area contributed by atoms with Crippen molar-refractivity contribution < 1.29 is 0 Å². The van der Waals surface area contributed by atoms with Crippen LogP contribution in [0.3, 0.4) is 0 Å². The number of nitrogens with zero attached hydrogens (tertiary/aromatic N) is 2. The third-order valence-corrected chi connectivity index (χ3v) is 3.70. The van der Waals surface area contributed by atoms with Crippen molar-refractivity contribution in [3.05, 3.63) is 23.9 Å². The molecule has 94 valence electrons. The van der Waals surface area contributed by atoms with Gasteiger partial charge in [0.2, 0.25) is 0 Å². The molecule has 1 aromatic heterocycles. The Bertz CT molecular complexity index is 347. The Balaban J connectivity index is 2.02. The van der Waals surface area contributed by atoms with Gasteiger partial charge in [0.15, 0.2) is 0 Å². The zero-order valence-corrected chi connectivity index (χ0v) is 11.1. The molecule has 0 spiro atoms. The van der Waals surface area contributed by atoms with Gasteiger partial charge in [-0.25, -0.2) is 4.98 Å². The van der Waals surface area contributed by atoms with E-state index in [-0.39, 0.29) is 0 Å². The van der Waals surface area contributed by atoms with E-state index in [0.29, 0.717) is 12.1 Å². The van der Waals surface area contributed by atoms with Gasteiger partial charge in [0, 0.05) is 18.3 Å². The fourth-order valence-electron chi connectivity index (χ4n) is 2.37. The Morgan fingerprint density at radius 3 is 2.88 bits per heavy atom. The summed E-state index contributed by atoms with van der Waals surface area (Å²) < 4.78 is 0. The predicted molar refractivity (Wildman–Crippen MR) is 72.2 cm³/mol. The monoisotopic (exact) mass is 233 g/mol. The van der Waals surface area contributed by atoms with Crippen LogP contribution in [0.15, 0.2) is 18.3 Å². The zero-order valence-electron chi connectivity index (χ0n) is 11.1. The molecule has 1 aliphatic rings. The summed E-state index contributed by atoms with van der Waals surface area (Å²) in [6.07, 6.45) is 5.70. The Morgan fingerprint density at radius 2 is 2.35 bits per heavy atom. The second-order valence-electron chi connectivity index (χ2n) is 5.07. The Morgan fingerprint density at radius 1 is 1.53 bits per heavy atom. The maximum absolute atomic E-state index is 4.51. The predicted octanol–water partition coefficient (Wildman–Crippen LogP) is 3.06. The first kappa shape index (κ1) is 12.4. The van der Waals surface area contributed by atoms with E-state index in [1.165, 1.54) is 24.9 Å². The fourth-order valence-corrected chi connectivity index (χ4v) is 2.37. The number of aromatic nitrogens is 1. The Hall–Kier alpha value is -1.09. The average Bonchev–Trinajstić information content (AvgIpc) is 2.76. The third-order valence-electron chi connectivity index (χ3n) is 3.70. The summed E-state index contributed by atoms with van der Waals surface area (Å²) in [7, 11) is 2.20. The van der Waals surface area contributed by atoms with Crippen molar-refractivity contribution in [2.75, 3.05) is 18.9 Å². The molecule has 0 unspecified atom stereocenters. The van der Waals surface area contributed by atoms with Gasteiger partial charge in [-0.15, -0.1) is 0 Å². The summed E-state index contributed by atoms with van der Waals surface area (Å²) in [5, 5.41) is 3.40. The molecule has 1 saturated heterocycles. The molecule has 2 heterocycles. The number of nitrogens with one attached hydrogen (secondary N) is 1. The highest BCUT2D eigenvalue weighted by Gasteiger charge is 2.22. The Kier molecular flexibility index (Phi) is 4.00. The molecule has 2 rings (SSSR count). The van der Waals surface area contributed by atoms with Crippen molar-refractivity contribution in [3.8, 4) is 0 Å². The second-order valence-corrected chi connectivity index (χ2v) is 5.07. The van der Waals surface area contributed by atoms with Gasteiger partial charge in [-0.2, -0.15) is 0 Å². The normalized spacial score (nSPS) is 22.6. The number of pyridine rings is 1. The molecular weight excluding hydrogens is 210 g/mol. The van der Waals surface area contributed by atoms with Crippen molar-refractivity contribution in [2.24, 2.45) is 0 Å². The van der Waals surface area contributed by atoms with Crippen molar-refractivity contribution in [3.63, 3.8) is 0 Å². The van der Waals surface area contributed by atoms with Gasteiger partial charge in [0.05, 0.1) is 0 Å². The van der Waals surface area contributed by atoms with Gasteiger partial charge < -0.3 is 5.32 Å². The highest BCUT2D eigenvalue weighted by atomic mass is 15.1. The fraction of sp³-hybridized carbons (Fsp3) is 0.643. The van der Waals surface area contributed by atoms with Crippen molar-refractivity contribution >= 4 is 5.82 Å². The van der Waals surface area contributed by atoms with Gasteiger partial charge in [0.25, 0.3) is 0 Å². The van der Waals surface area contributed by atoms with Crippen LogP contribution in [0.1, 0.15) is 44.7 Å². The summed E-state index contributed by atoms with van der Waals surface area (Å²) in [6, 6.07) is 5.38. The van der Waals surface area contributed by atoms with Gasteiger partial charge in [0.1, 0.15) is 5.82 Å². The van der Waals surface area contributed by atoms with Gasteiger partial charge in [-0.05, 0) is 51.4 Å². The van der Waals surface area contributed by atoms with Crippen LogP contribution in [0.5, 0.6) is 0 Å². The van der Waals surface area contributed by atoms with Crippen molar-refractivity contribution in [1.29, 1.82) is 0 Å². The van der Waals surface area contributed by atoms with E-state index in [2.05, 4.69) is 48.2 Å². The minimum atomic E-state index is 0.488. The SMILES string of the molecule is CC[C@H](C)Nc1ccc([C@@H]2CCCN2C)cn1. The summed E-state index contributed by atoms with van der Waals surface area (Å²) >= 11 is 0. The highest BCUT2D eigenvalue weighted by molar-refractivity contribution is 5.37. The molecule has 0 amide bonds. The lowest BCUT2D eigenvalue weighted by atomic mass is 10.1. The van der Waals surface area contributed by atoms with Crippen LogP contribution in [0, 0.1) is 0 Å². The molecule has 17 heavy (non-hydrogen) atoms. The number of hydrogen-bond acceptors (Lipinski definition) is 3. The lowest BCUT2D eigenvalue weighted by molar-refractivity contribution is 0.317. The lowest BCUT2D eigenvalue weighted by Gasteiger charge is -2.20. The topological polar surface area (TPSA) is 28.2 Å². The van der Waals surface area contributed by atoms with Crippen LogP contribution < -0.4 is 5.32 Å². The molecule has 1 aliphatic heterocycles. The minimum absolute atomic E-state index is 0.488. The molecule has 2 atom stereocenters. The highest BCUT2D eigenvalue weighted by Crippen LogP contribution is 2.30.